The molecule has 0 spiro atoms. The maximum absolute atomic E-state index is 13.4. The summed E-state index contributed by atoms with van der Waals surface area (Å²) in [6, 6.07) is 18.7. The van der Waals surface area contributed by atoms with Crippen molar-refractivity contribution in [3.8, 4) is 16.9 Å². The maximum atomic E-state index is 13.4. The topological polar surface area (TPSA) is 67.7 Å². The van der Waals surface area contributed by atoms with E-state index in [4.69, 9.17) is 21.4 Å². The van der Waals surface area contributed by atoms with Crippen LogP contribution in [0.5, 0.6) is 0 Å². The van der Waals surface area contributed by atoms with E-state index in [1.807, 2.05) is 48.5 Å². The Bertz CT molecular complexity index is 1060. The first-order valence-electron chi connectivity index (χ1n) is 10.2. The Morgan fingerprint density at radius 2 is 1.61 bits per heavy atom. The number of amides is 2. The van der Waals surface area contributed by atoms with Crippen molar-refractivity contribution in [2.75, 3.05) is 32.8 Å². The van der Waals surface area contributed by atoms with E-state index >= 15 is 0 Å². The number of aromatic nitrogens is 2. The lowest BCUT2D eigenvalue weighted by Crippen LogP contribution is -2.51. The Hall–Kier alpha value is -3.32. The van der Waals surface area contributed by atoms with Gasteiger partial charge in [-0.15, -0.1) is 0 Å². The molecule has 1 aliphatic heterocycles. The molecule has 0 N–H and O–H groups in total. The Balaban J connectivity index is 1.62. The minimum absolute atomic E-state index is 0.131. The standard InChI is InChI=1S/C23H23ClN4O3/c1-2-31-23(30)27-14-12-26(13-15-27)22(29)21-16-20(17-6-4-3-5-7-17)25-28(21)19-10-8-18(24)9-11-19/h3-11,16H,2,12-15H2,1H3. The average Bonchev–Trinajstić information content (AvgIpc) is 3.25. The Morgan fingerprint density at radius 3 is 2.26 bits per heavy atom. The van der Waals surface area contributed by atoms with Crippen LogP contribution >= 0.6 is 11.6 Å². The first-order chi connectivity index (χ1) is 15.1. The van der Waals surface area contributed by atoms with Crippen LogP contribution < -0.4 is 0 Å². The first kappa shape index (κ1) is 20.9. The van der Waals surface area contributed by atoms with Gasteiger partial charge in [0.15, 0.2) is 0 Å². The molecule has 0 atom stereocenters. The SMILES string of the molecule is CCOC(=O)N1CCN(C(=O)c2cc(-c3ccccc3)nn2-c2ccc(Cl)cc2)CC1. The number of benzene rings is 2. The van der Waals surface area contributed by atoms with Crippen molar-refractivity contribution in [1.82, 2.24) is 19.6 Å². The molecular weight excluding hydrogens is 416 g/mol. The normalized spacial score (nSPS) is 13.9. The lowest BCUT2D eigenvalue weighted by Gasteiger charge is -2.34. The van der Waals surface area contributed by atoms with E-state index in [2.05, 4.69) is 0 Å². The highest BCUT2D eigenvalue weighted by atomic mass is 35.5. The summed E-state index contributed by atoms with van der Waals surface area (Å²) in [5.41, 5.74) is 2.85. The van der Waals surface area contributed by atoms with Crippen LogP contribution in [0.3, 0.4) is 0 Å². The number of carbonyl (C=O) groups excluding carboxylic acids is 2. The summed E-state index contributed by atoms with van der Waals surface area (Å²) in [5, 5.41) is 5.32. The molecule has 2 amide bonds. The number of halogens is 1. The molecule has 0 unspecified atom stereocenters. The van der Waals surface area contributed by atoms with Gasteiger partial charge >= 0.3 is 6.09 Å². The Morgan fingerprint density at radius 1 is 0.968 bits per heavy atom. The molecule has 160 valence electrons. The summed E-state index contributed by atoms with van der Waals surface area (Å²) in [4.78, 5) is 28.7. The number of piperazine rings is 1. The van der Waals surface area contributed by atoms with Crippen LogP contribution in [0.1, 0.15) is 17.4 Å². The lowest BCUT2D eigenvalue weighted by atomic mass is 10.1. The molecule has 0 aliphatic carbocycles. The van der Waals surface area contributed by atoms with E-state index in [1.54, 1.807) is 33.5 Å². The average molecular weight is 439 g/mol. The fourth-order valence-corrected chi connectivity index (χ4v) is 3.66. The second-order valence-electron chi connectivity index (χ2n) is 7.15. The Kier molecular flexibility index (Phi) is 6.23. The van der Waals surface area contributed by atoms with Crippen molar-refractivity contribution >= 4 is 23.6 Å². The molecule has 2 aromatic carbocycles. The molecule has 1 fully saturated rings. The zero-order chi connectivity index (χ0) is 21.8. The fraction of sp³-hybridized carbons (Fsp3) is 0.261. The molecule has 31 heavy (non-hydrogen) atoms. The van der Waals surface area contributed by atoms with E-state index < -0.39 is 0 Å². The monoisotopic (exact) mass is 438 g/mol. The number of nitrogens with zero attached hydrogens (tertiary/aromatic N) is 4. The molecule has 7 nitrogen and oxygen atoms in total. The van der Waals surface area contributed by atoms with Crippen LogP contribution in [-0.2, 0) is 4.74 Å². The lowest BCUT2D eigenvalue weighted by molar-refractivity contribution is 0.0563. The summed E-state index contributed by atoms with van der Waals surface area (Å²) in [6.07, 6.45) is -0.341. The van der Waals surface area contributed by atoms with Crippen LogP contribution in [0.25, 0.3) is 16.9 Å². The second kappa shape index (κ2) is 9.22. The third-order valence-corrected chi connectivity index (χ3v) is 5.41. The maximum Gasteiger partial charge on any atom is 0.409 e. The minimum atomic E-state index is -0.341. The second-order valence-corrected chi connectivity index (χ2v) is 7.58. The molecule has 0 saturated carbocycles. The van der Waals surface area contributed by atoms with Gasteiger partial charge in [-0.3, -0.25) is 4.79 Å². The zero-order valence-corrected chi connectivity index (χ0v) is 18.0. The molecule has 3 aromatic rings. The van der Waals surface area contributed by atoms with Crippen molar-refractivity contribution < 1.29 is 14.3 Å². The van der Waals surface area contributed by atoms with Crippen molar-refractivity contribution in [1.29, 1.82) is 0 Å². The smallest absolute Gasteiger partial charge is 0.409 e. The molecule has 0 bridgehead atoms. The minimum Gasteiger partial charge on any atom is -0.450 e. The van der Waals surface area contributed by atoms with Crippen LogP contribution in [0.4, 0.5) is 4.79 Å². The number of carbonyl (C=O) groups is 2. The highest BCUT2D eigenvalue weighted by Gasteiger charge is 2.28. The van der Waals surface area contributed by atoms with Crippen LogP contribution in [0, 0.1) is 0 Å². The fourth-order valence-electron chi connectivity index (χ4n) is 3.53. The van der Waals surface area contributed by atoms with Crippen molar-refractivity contribution in [2.45, 2.75) is 6.92 Å². The van der Waals surface area contributed by atoms with Gasteiger partial charge < -0.3 is 14.5 Å². The van der Waals surface area contributed by atoms with Gasteiger partial charge in [-0.2, -0.15) is 5.10 Å². The molecular formula is C23H23ClN4O3. The zero-order valence-electron chi connectivity index (χ0n) is 17.2. The van der Waals surface area contributed by atoms with Crippen LogP contribution in [0.2, 0.25) is 5.02 Å². The van der Waals surface area contributed by atoms with Crippen LogP contribution in [-0.4, -0.2) is 64.4 Å². The van der Waals surface area contributed by atoms with Crippen molar-refractivity contribution in [3.05, 3.63) is 71.4 Å². The summed E-state index contributed by atoms with van der Waals surface area (Å²) in [6.45, 7) is 3.85. The number of hydrogen-bond donors (Lipinski definition) is 0. The van der Waals surface area contributed by atoms with Gasteiger partial charge in [-0.25, -0.2) is 9.48 Å². The predicted molar refractivity (Wildman–Crippen MR) is 119 cm³/mol. The molecule has 4 rings (SSSR count). The molecule has 1 saturated heterocycles. The predicted octanol–water partition coefficient (Wildman–Crippen LogP) is 4.11. The largest absolute Gasteiger partial charge is 0.450 e. The number of hydrogen-bond acceptors (Lipinski definition) is 4. The summed E-state index contributed by atoms with van der Waals surface area (Å²) < 4.78 is 6.71. The summed E-state index contributed by atoms with van der Waals surface area (Å²) in [5.74, 6) is -0.131. The van der Waals surface area contributed by atoms with E-state index in [1.165, 1.54) is 0 Å². The van der Waals surface area contributed by atoms with Crippen LogP contribution in [0.15, 0.2) is 60.7 Å². The van der Waals surface area contributed by atoms with E-state index in [-0.39, 0.29) is 12.0 Å². The van der Waals surface area contributed by atoms with Gasteiger partial charge in [-0.1, -0.05) is 41.9 Å². The van der Waals surface area contributed by atoms with Gasteiger partial charge in [0, 0.05) is 36.8 Å². The van der Waals surface area contributed by atoms with E-state index in [0.29, 0.717) is 49.2 Å². The number of rotatable bonds is 4. The van der Waals surface area contributed by atoms with Crippen molar-refractivity contribution in [2.24, 2.45) is 0 Å². The van der Waals surface area contributed by atoms with Gasteiger partial charge in [0.2, 0.25) is 0 Å². The Labute approximate surface area is 185 Å². The van der Waals surface area contributed by atoms with Gasteiger partial charge in [0.1, 0.15) is 5.69 Å². The van der Waals surface area contributed by atoms with Gasteiger partial charge in [0.25, 0.3) is 5.91 Å². The highest BCUT2D eigenvalue weighted by Crippen LogP contribution is 2.24. The number of ether oxygens (including phenoxy) is 1. The highest BCUT2D eigenvalue weighted by molar-refractivity contribution is 6.30. The molecule has 2 heterocycles. The summed E-state index contributed by atoms with van der Waals surface area (Å²) in [7, 11) is 0. The quantitative estimate of drug-likeness (QED) is 0.614. The van der Waals surface area contributed by atoms with E-state index in [0.717, 1.165) is 11.3 Å². The third kappa shape index (κ3) is 4.56. The molecule has 1 aromatic heterocycles. The third-order valence-electron chi connectivity index (χ3n) is 5.16. The van der Waals surface area contributed by atoms with Gasteiger partial charge in [0.05, 0.1) is 18.0 Å². The van der Waals surface area contributed by atoms with Crippen molar-refractivity contribution in [3.63, 3.8) is 0 Å². The molecule has 0 radical (unpaired) electrons. The first-order valence-corrected chi connectivity index (χ1v) is 10.6. The summed E-state index contributed by atoms with van der Waals surface area (Å²) >= 11 is 6.04. The van der Waals surface area contributed by atoms with Gasteiger partial charge in [-0.05, 0) is 37.3 Å². The van der Waals surface area contributed by atoms with E-state index in [9.17, 15) is 9.59 Å². The molecule has 8 heteroatoms. The molecule has 1 aliphatic rings.